The van der Waals surface area contributed by atoms with Gasteiger partial charge in [-0.2, -0.15) is 12.7 Å². The fraction of sp³-hybridized carbons (Fsp3) is 0.917. The van der Waals surface area contributed by atoms with Crippen LogP contribution in [0, 0.1) is 11.8 Å². The van der Waals surface area contributed by atoms with Gasteiger partial charge in [-0.15, -0.1) is 0 Å². The number of hydrogen-bond acceptors (Lipinski definition) is 4. The topological polar surface area (TPSA) is 75.7 Å². The first-order valence-electron chi connectivity index (χ1n) is 6.78. The van der Waals surface area contributed by atoms with Crippen LogP contribution in [0.3, 0.4) is 0 Å². The molecule has 0 bridgehead atoms. The molecule has 0 amide bonds. The monoisotopic (exact) mass is 292 g/mol. The van der Waals surface area contributed by atoms with E-state index in [1.54, 1.807) is 6.92 Å². The van der Waals surface area contributed by atoms with Gasteiger partial charge in [-0.3, -0.25) is 4.79 Å². The molecule has 1 saturated heterocycles. The van der Waals surface area contributed by atoms with Crippen molar-refractivity contribution in [3.8, 4) is 0 Å². The van der Waals surface area contributed by atoms with Crippen LogP contribution in [0.25, 0.3) is 0 Å². The van der Waals surface area contributed by atoms with Crippen molar-refractivity contribution in [3.63, 3.8) is 0 Å². The molecule has 1 atom stereocenters. The molecule has 0 radical (unpaired) electrons. The fourth-order valence-electron chi connectivity index (χ4n) is 1.98. The van der Waals surface area contributed by atoms with E-state index in [-0.39, 0.29) is 24.3 Å². The third-order valence-electron chi connectivity index (χ3n) is 3.02. The second kappa shape index (κ2) is 7.21. The SMILES string of the molecule is CCOC(=O)C1CCCN(S(=O)(=O)NCC(C)C)C1. The lowest BCUT2D eigenvalue weighted by molar-refractivity contribution is -0.149. The van der Waals surface area contributed by atoms with E-state index in [1.165, 1.54) is 4.31 Å². The maximum atomic E-state index is 12.1. The fourth-order valence-corrected chi connectivity index (χ4v) is 3.45. The molecule has 0 aromatic heterocycles. The summed E-state index contributed by atoms with van der Waals surface area (Å²) >= 11 is 0. The maximum absolute atomic E-state index is 12.1. The van der Waals surface area contributed by atoms with Gasteiger partial charge in [0.15, 0.2) is 0 Å². The average Bonchev–Trinajstić information content (AvgIpc) is 2.37. The zero-order valence-corrected chi connectivity index (χ0v) is 12.7. The number of hydrogen-bond donors (Lipinski definition) is 1. The van der Waals surface area contributed by atoms with E-state index in [0.29, 0.717) is 32.5 Å². The van der Waals surface area contributed by atoms with Crippen molar-refractivity contribution in [2.24, 2.45) is 11.8 Å². The Labute approximate surface area is 115 Å². The van der Waals surface area contributed by atoms with Crippen LogP contribution in [0.1, 0.15) is 33.6 Å². The summed E-state index contributed by atoms with van der Waals surface area (Å²) in [4.78, 5) is 11.7. The van der Waals surface area contributed by atoms with Gasteiger partial charge in [-0.05, 0) is 25.7 Å². The second-order valence-corrected chi connectivity index (χ2v) is 6.95. The van der Waals surface area contributed by atoms with Crippen LogP contribution in [-0.2, 0) is 19.7 Å². The number of esters is 1. The second-order valence-electron chi connectivity index (χ2n) is 5.20. The van der Waals surface area contributed by atoms with Crippen molar-refractivity contribution in [3.05, 3.63) is 0 Å². The summed E-state index contributed by atoms with van der Waals surface area (Å²) in [5.41, 5.74) is 0. The molecule has 1 N–H and O–H groups in total. The summed E-state index contributed by atoms with van der Waals surface area (Å²) in [6.45, 7) is 7.05. The largest absolute Gasteiger partial charge is 0.466 e. The summed E-state index contributed by atoms with van der Waals surface area (Å²) in [6.07, 6.45) is 1.38. The Bertz CT molecular complexity index is 395. The first-order chi connectivity index (χ1) is 8.86. The van der Waals surface area contributed by atoms with E-state index in [4.69, 9.17) is 4.74 Å². The molecule has 6 nitrogen and oxygen atoms in total. The minimum atomic E-state index is -3.48. The zero-order chi connectivity index (χ0) is 14.5. The van der Waals surface area contributed by atoms with Crippen LogP contribution in [0.2, 0.25) is 0 Å². The predicted octanol–water partition coefficient (Wildman–Crippen LogP) is 0.752. The molecule has 0 aromatic carbocycles. The van der Waals surface area contributed by atoms with Crippen LogP contribution < -0.4 is 4.72 Å². The number of nitrogens with one attached hydrogen (secondary N) is 1. The summed E-state index contributed by atoms with van der Waals surface area (Å²) < 4.78 is 33.0. The molecular weight excluding hydrogens is 268 g/mol. The Kier molecular flexibility index (Phi) is 6.22. The predicted molar refractivity (Wildman–Crippen MR) is 72.7 cm³/mol. The number of carbonyl (C=O) groups excluding carboxylic acids is 1. The Morgan fingerprint density at radius 1 is 1.47 bits per heavy atom. The molecule has 0 aliphatic carbocycles. The van der Waals surface area contributed by atoms with Crippen LogP contribution in [0.15, 0.2) is 0 Å². The van der Waals surface area contributed by atoms with Crippen molar-refractivity contribution in [2.75, 3.05) is 26.2 Å². The summed E-state index contributed by atoms with van der Waals surface area (Å²) in [5.74, 6) is -0.393. The van der Waals surface area contributed by atoms with Crippen LogP contribution in [0.5, 0.6) is 0 Å². The van der Waals surface area contributed by atoms with Crippen LogP contribution in [0.4, 0.5) is 0 Å². The number of ether oxygens (including phenoxy) is 1. The van der Waals surface area contributed by atoms with Crippen molar-refractivity contribution in [2.45, 2.75) is 33.6 Å². The normalized spacial score (nSPS) is 21.6. The molecule has 112 valence electrons. The molecule has 19 heavy (non-hydrogen) atoms. The Hall–Kier alpha value is -0.660. The third kappa shape index (κ3) is 5.08. The van der Waals surface area contributed by atoms with Gasteiger partial charge in [0.25, 0.3) is 10.2 Å². The lowest BCUT2D eigenvalue weighted by atomic mass is 10.0. The summed E-state index contributed by atoms with van der Waals surface area (Å²) in [5, 5.41) is 0. The van der Waals surface area contributed by atoms with Gasteiger partial charge >= 0.3 is 5.97 Å². The quantitative estimate of drug-likeness (QED) is 0.733. The Morgan fingerprint density at radius 3 is 2.74 bits per heavy atom. The molecule has 0 spiro atoms. The lowest BCUT2D eigenvalue weighted by Gasteiger charge is -2.30. The highest BCUT2D eigenvalue weighted by Crippen LogP contribution is 2.19. The van der Waals surface area contributed by atoms with E-state index < -0.39 is 10.2 Å². The van der Waals surface area contributed by atoms with Gasteiger partial charge in [0, 0.05) is 19.6 Å². The van der Waals surface area contributed by atoms with Gasteiger partial charge in [0.05, 0.1) is 12.5 Å². The van der Waals surface area contributed by atoms with E-state index in [2.05, 4.69) is 4.72 Å². The van der Waals surface area contributed by atoms with E-state index in [1.807, 2.05) is 13.8 Å². The molecule has 1 aliphatic rings. The molecule has 1 rings (SSSR count). The van der Waals surface area contributed by atoms with Gasteiger partial charge in [0.2, 0.25) is 0 Å². The van der Waals surface area contributed by atoms with Crippen molar-refractivity contribution >= 4 is 16.2 Å². The molecule has 0 aromatic rings. The first kappa shape index (κ1) is 16.4. The van der Waals surface area contributed by atoms with Crippen molar-refractivity contribution < 1.29 is 17.9 Å². The zero-order valence-electron chi connectivity index (χ0n) is 11.9. The van der Waals surface area contributed by atoms with Crippen LogP contribution >= 0.6 is 0 Å². The standard InChI is InChI=1S/C12H24N2O4S/c1-4-18-12(15)11-6-5-7-14(9-11)19(16,17)13-8-10(2)3/h10-11,13H,4-9H2,1-3H3. The molecule has 1 aliphatic heterocycles. The van der Waals surface area contributed by atoms with Crippen molar-refractivity contribution in [1.82, 2.24) is 9.03 Å². The van der Waals surface area contributed by atoms with Gasteiger partial charge in [0.1, 0.15) is 0 Å². The summed E-state index contributed by atoms with van der Waals surface area (Å²) in [6, 6.07) is 0. The minimum Gasteiger partial charge on any atom is -0.466 e. The van der Waals surface area contributed by atoms with E-state index in [0.717, 1.165) is 0 Å². The highest BCUT2D eigenvalue weighted by Gasteiger charge is 2.32. The van der Waals surface area contributed by atoms with Gasteiger partial charge in [-0.1, -0.05) is 13.8 Å². The smallest absolute Gasteiger partial charge is 0.310 e. The number of rotatable bonds is 6. The lowest BCUT2D eigenvalue weighted by Crippen LogP contribution is -2.48. The number of piperidine rings is 1. The Balaban J connectivity index is 2.60. The Morgan fingerprint density at radius 2 is 2.16 bits per heavy atom. The van der Waals surface area contributed by atoms with Gasteiger partial charge < -0.3 is 4.74 Å². The maximum Gasteiger partial charge on any atom is 0.310 e. The van der Waals surface area contributed by atoms with E-state index >= 15 is 0 Å². The molecule has 0 saturated carbocycles. The van der Waals surface area contributed by atoms with E-state index in [9.17, 15) is 13.2 Å². The van der Waals surface area contributed by atoms with Crippen LogP contribution in [-0.4, -0.2) is 44.9 Å². The molecule has 1 unspecified atom stereocenters. The average molecular weight is 292 g/mol. The van der Waals surface area contributed by atoms with Gasteiger partial charge in [-0.25, -0.2) is 4.72 Å². The minimum absolute atomic E-state index is 0.215. The molecule has 1 heterocycles. The third-order valence-corrected chi connectivity index (χ3v) is 4.56. The molecular formula is C12H24N2O4S. The molecule has 1 fully saturated rings. The number of carbonyl (C=O) groups is 1. The highest BCUT2D eigenvalue weighted by atomic mass is 32.2. The number of nitrogens with zero attached hydrogens (tertiary/aromatic N) is 1. The molecule has 7 heteroatoms. The summed E-state index contributed by atoms with van der Waals surface area (Å²) in [7, 11) is -3.48. The van der Waals surface area contributed by atoms with Crippen molar-refractivity contribution in [1.29, 1.82) is 0 Å². The highest BCUT2D eigenvalue weighted by molar-refractivity contribution is 7.87. The first-order valence-corrected chi connectivity index (χ1v) is 8.22.